The van der Waals surface area contributed by atoms with Gasteiger partial charge >= 0.3 is 7.12 Å². The fourth-order valence-electron chi connectivity index (χ4n) is 3.67. The van der Waals surface area contributed by atoms with Gasteiger partial charge in [0.15, 0.2) is 0 Å². The summed E-state index contributed by atoms with van der Waals surface area (Å²) < 4.78 is 13.0. The molecular weight excluding hydrogens is 331 g/mol. The van der Waals surface area contributed by atoms with Gasteiger partial charge in [-0.25, -0.2) is 0 Å². The van der Waals surface area contributed by atoms with E-state index in [4.69, 9.17) is 9.31 Å². The Labute approximate surface area is 164 Å². The number of benzene rings is 2. The van der Waals surface area contributed by atoms with Crippen molar-refractivity contribution < 1.29 is 9.31 Å². The number of hydrogen-bond donors (Lipinski definition) is 0. The third kappa shape index (κ3) is 3.90. The monoisotopic (exact) mass is 362 g/mol. The molecule has 3 heteroatoms. The van der Waals surface area contributed by atoms with Crippen molar-refractivity contribution in [3.05, 3.63) is 77.9 Å². The van der Waals surface area contributed by atoms with E-state index in [-0.39, 0.29) is 23.6 Å². The van der Waals surface area contributed by atoms with Gasteiger partial charge in [-0.15, -0.1) is 0 Å². The molecule has 1 heterocycles. The van der Waals surface area contributed by atoms with Gasteiger partial charge in [0, 0.05) is 5.31 Å². The van der Waals surface area contributed by atoms with Crippen LogP contribution in [0.25, 0.3) is 6.08 Å². The van der Waals surface area contributed by atoms with E-state index in [1.54, 1.807) is 0 Å². The lowest BCUT2D eigenvalue weighted by molar-refractivity contribution is 0.00578. The van der Waals surface area contributed by atoms with Crippen LogP contribution in [0.15, 0.2) is 66.7 Å². The molecule has 0 radical (unpaired) electrons. The van der Waals surface area contributed by atoms with Crippen LogP contribution in [0.4, 0.5) is 0 Å². The maximum atomic E-state index is 6.52. The summed E-state index contributed by atoms with van der Waals surface area (Å²) in [5.41, 5.74) is 1.81. The lowest BCUT2D eigenvalue weighted by Gasteiger charge is -2.34. The highest BCUT2D eigenvalue weighted by atomic mass is 16.7. The molecule has 1 aliphatic rings. The van der Waals surface area contributed by atoms with Gasteiger partial charge in [0.25, 0.3) is 0 Å². The molecule has 0 saturated carbocycles. The molecule has 0 amide bonds. The zero-order chi connectivity index (χ0) is 19.5. The van der Waals surface area contributed by atoms with Gasteiger partial charge < -0.3 is 9.31 Å². The van der Waals surface area contributed by atoms with E-state index in [0.717, 1.165) is 12.8 Å². The van der Waals surface area contributed by atoms with E-state index in [9.17, 15) is 0 Å². The lowest BCUT2D eigenvalue weighted by Crippen LogP contribution is -2.45. The maximum Gasteiger partial charge on any atom is 0.469 e. The van der Waals surface area contributed by atoms with Gasteiger partial charge in [-0.05, 0) is 51.7 Å². The highest BCUT2D eigenvalue weighted by Gasteiger charge is 2.59. The van der Waals surface area contributed by atoms with Gasteiger partial charge in [-0.2, -0.15) is 0 Å². The summed E-state index contributed by atoms with van der Waals surface area (Å²) in [6, 6.07) is 21.1. The molecule has 3 rings (SSSR count). The van der Waals surface area contributed by atoms with E-state index in [1.807, 2.05) is 6.07 Å². The molecule has 27 heavy (non-hydrogen) atoms. The van der Waals surface area contributed by atoms with Gasteiger partial charge in [0.1, 0.15) is 0 Å². The minimum Gasteiger partial charge on any atom is -0.403 e. The van der Waals surface area contributed by atoms with Gasteiger partial charge in [0.2, 0.25) is 0 Å². The van der Waals surface area contributed by atoms with E-state index in [2.05, 4.69) is 101 Å². The second-order valence-corrected chi connectivity index (χ2v) is 8.48. The fourth-order valence-corrected chi connectivity index (χ4v) is 3.67. The Morgan fingerprint density at radius 3 is 1.89 bits per heavy atom. The standard InChI is InChI=1S/C24H31BO2/c1-6-24(21-17-11-8-12-18-21,19-13-16-20-14-9-7-10-15-20)25-26-22(2,3)23(4,5)27-25/h7-18H,6,19H2,1-5H3/b16-13+/t24-/m1/s1. The smallest absolute Gasteiger partial charge is 0.403 e. The molecule has 2 aromatic carbocycles. The Kier molecular flexibility index (Phi) is 5.64. The zero-order valence-corrected chi connectivity index (χ0v) is 17.2. The molecule has 0 aromatic heterocycles. The molecule has 1 atom stereocenters. The van der Waals surface area contributed by atoms with Crippen molar-refractivity contribution in [3.8, 4) is 0 Å². The van der Waals surface area contributed by atoms with E-state index in [1.165, 1.54) is 11.1 Å². The van der Waals surface area contributed by atoms with Crippen LogP contribution in [0, 0.1) is 0 Å². The van der Waals surface area contributed by atoms with Crippen LogP contribution in [0.1, 0.15) is 58.6 Å². The van der Waals surface area contributed by atoms with Crippen LogP contribution in [-0.2, 0) is 14.6 Å². The summed E-state index contributed by atoms with van der Waals surface area (Å²) in [5.74, 6) is 0. The predicted octanol–water partition coefficient (Wildman–Crippen LogP) is 6.07. The van der Waals surface area contributed by atoms with Crippen molar-refractivity contribution >= 4 is 13.2 Å². The molecule has 0 spiro atoms. The third-order valence-electron chi connectivity index (χ3n) is 6.28. The Balaban J connectivity index is 1.96. The predicted molar refractivity (Wildman–Crippen MR) is 115 cm³/mol. The second-order valence-electron chi connectivity index (χ2n) is 8.48. The van der Waals surface area contributed by atoms with Crippen molar-refractivity contribution in [2.75, 3.05) is 0 Å². The van der Waals surface area contributed by atoms with Crippen molar-refractivity contribution in [1.29, 1.82) is 0 Å². The molecule has 0 bridgehead atoms. The van der Waals surface area contributed by atoms with Crippen LogP contribution in [0.5, 0.6) is 0 Å². The summed E-state index contributed by atoms with van der Waals surface area (Å²) in [6.45, 7) is 10.7. The van der Waals surface area contributed by atoms with Gasteiger partial charge in [0.05, 0.1) is 11.2 Å². The van der Waals surface area contributed by atoms with Crippen molar-refractivity contribution in [3.63, 3.8) is 0 Å². The first kappa shape index (κ1) is 19.9. The van der Waals surface area contributed by atoms with E-state index in [0.29, 0.717) is 0 Å². The molecule has 2 nitrogen and oxygen atoms in total. The summed E-state index contributed by atoms with van der Waals surface area (Å²) in [7, 11) is -0.282. The Morgan fingerprint density at radius 1 is 0.852 bits per heavy atom. The Morgan fingerprint density at radius 2 is 1.37 bits per heavy atom. The first-order valence-electron chi connectivity index (χ1n) is 9.93. The van der Waals surface area contributed by atoms with Crippen LogP contribution in [0.3, 0.4) is 0 Å². The molecular formula is C24H31BO2. The van der Waals surface area contributed by atoms with Crippen LogP contribution >= 0.6 is 0 Å². The molecule has 2 aromatic rings. The highest BCUT2D eigenvalue weighted by molar-refractivity contribution is 6.50. The average Bonchev–Trinajstić information content (AvgIpc) is 2.88. The molecule has 0 unspecified atom stereocenters. The normalized spacial score (nSPS) is 20.7. The lowest BCUT2D eigenvalue weighted by atomic mass is 9.51. The first-order valence-corrected chi connectivity index (χ1v) is 9.93. The van der Waals surface area contributed by atoms with Crippen LogP contribution in [0.2, 0.25) is 0 Å². The quantitative estimate of drug-likeness (QED) is 0.581. The largest absolute Gasteiger partial charge is 0.469 e. The van der Waals surface area contributed by atoms with Crippen molar-refractivity contribution in [2.24, 2.45) is 0 Å². The molecule has 1 aliphatic heterocycles. The van der Waals surface area contributed by atoms with Crippen molar-refractivity contribution in [1.82, 2.24) is 0 Å². The Hall–Kier alpha value is -1.84. The molecule has 0 aliphatic carbocycles. The molecule has 0 N–H and O–H groups in total. The van der Waals surface area contributed by atoms with Crippen LogP contribution < -0.4 is 0 Å². The fraction of sp³-hybridized carbons (Fsp3) is 0.417. The minimum absolute atomic E-state index is 0.225. The number of allylic oxidation sites excluding steroid dienone is 1. The highest BCUT2D eigenvalue weighted by Crippen LogP contribution is 2.46. The van der Waals surface area contributed by atoms with E-state index >= 15 is 0 Å². The van der Waals surface area contributed by atoms with Gasteiger partial charge in [-0.1, -0.05) is 79.7 Å². The number of rotatable bonds is 6. The molecule has 1 saturated heterocycles. The summed E-state index contributed by atoms with van der Waals surface area (Å²) in [4.78, 5) is 0. The average molecular weight is 362 g/mol. The summed E-state index contributed by atoms with van der Waals surface area (Å²) >= 11 is 0. The maximum absolute atomic E-state index is 6.52. The topological polar surface area (TPSA) is 18.5 Å². The first-order chi connectivity index (χ1) is 12.8. The minimum atomic E-state index is -0.337. The van der Waals surface area contributed by atoms with E-state index < -0.39 is 0 Å². The van der Waals surface area contributed by atoms with Crippen LogP contribution in [-0.4, -0.2) is 18.3 Å². The summed E-state index contributed by atoms with van der Waals surface area (Å²) in [6.07, 6.45) is 6.25. The van der Waals surface area contributed by atoms with Gasteiger partial charge in [-0.3, -0.25) is 0 Å². The Bertz CT molecular complexity index is 751. The zero-order valence-electron chi connectivity index (χ0n) is 17.2. The van der Waals surface area contributed by atoms with Crippen molar-refractivity contribution in [2.45, 2.75) is 64.0 Å². The molecule has 1 fully saturated rings. The number of hydrogen-bond acceptors (Lipinski definition) is 2. The summed E-state index contributed by atoms with van der Waals surface area (Å²) in [5, 5.41) is -0.225. The molecule has 142 valence electrons. The SMILES string of the molecule is CC[C@](C/C=C/c1ccccc1)(B1OC(C)(C)C(C)(C)O1)c1ccccc1. The second kappa shape index (κ2) is 7.65. The third-order valence-corrected chi connectivity index (χ3v) is 6.28.